The molecule has 2 unspecified atom stereocenters. The second-order valence-electron chi connectivity index (χ2n) is 9.32. The highest BCUT2D eigenvalue weighted by Crippen LogP contribution is 2.35. The zero-order chi connectivity index (χ0) is 25.4. The van der Waals surface area contributed by atoms with Crippen molar-refractivity contribution in [2.24, 2.45) is 0 Å². The van der Waals surface area contributed by atoms with Gasteiger partial charge in [-0.2, -0.15) is 5.10 Å². The molecule has 36 heavy (non-hydrogen) atoms. The van der Waals surface area contributed by atoms with E-state index in [1.54, 1.807) is 36.7 Å². The van der Waals surface area contributed by atoms with Crippen LogP contribution in [0.2, 0.25) is 0 Å². The highest BCUT2D eigenvalue weighted by molar-refractivity contribution is 7.84. The number of nitrogens with one attached hydrogen (secondary N) is 2. The predicted octanol–water partition coefficient (Wildman–Crippen LogP) is 4.88. The number of hydrogen-bond donors (Lipinski definition) is 3. The molecule has 0 fully saturated rings. The van der Waals surface area contributed by atoms with Gasteiger partial charge in [0, 0.05) is 52.9 Å². The standard InChI is InChI=1S/C27H30FN5O2S/c1-4-17-13-19(34)7-8-20(17)21-9-10-22-25(24(21)28)31-32-26(22)27-29-14-23(30-27)18-6-5-16(2)33(15-18)11-12-36(3)35/h6-10,13-14,16,34H,4-5,11-12,15H2,1-3H3,(H,29,30)(H,31,32). The Kier molecular flexibility index (Phi) is 6.77. The Morgan fingerprint density at radius 2 is 2.06 bits per heavy atom. The van der Waals surface area contributed by atoms with E-state index in [1.807, 2.05) is 13.0 Å². The van der Waals surface area contributed by atoms with Crippen LogP contribution in [0.25, 0.3) is 39.1 Å². The second kappa shape index (κ2) is 9.99. The molecule has 0 bridgehead atoms. The molecular weight excluding hydrogens is 477 g/mol. The van der Waals surface area contributed by atoms with E-state index >= 15 is 4.39 Å². The monoisotopic (exact) mass is 507 g/mol. The Bertz CT molecular complexity index is 1470. The third kappa shape index (κ3) is 4.60. The van der Waals surface area contributed by atoms with Gasteiger partial charge in [-0.15, -0.1) is 0 Å². The maximum Gasteiger partial charge on any atom is 0.159 e. The quantitative estimate of drug-likeness (QED) is 0.331. The molecule has 0 aliphatic carbocycles. The number of fused-ring (bicyclic) bond motifs is 1. The van der Waals surface area contributed by atoms with Crippen molar-refractivity contribution in [3.63, 3.8) is 0 Å². The van der Waals surface area contributed by atoms with Crippen molar-refractivity contribution in [2.75, 3.05) is 25.1 Å². The summed E-state index contributed by atoms with van der Waals surface area (Å²) in [5.74, 6) is 1.01. The molecule has 2 aromatic heterocycles. The Balaban J connectivity index is 1.44. The molecule has 1 aliphatic heterocycles. The van der Waals surface area contributed by atoms with Crippen LogP contribution in [0.4, 0.5) is 4.39 Å². The minimum Gasteiger partial charge on any atom is -0.508 e. The van der Waals surface area contributed by atoms with Crippen LogP contribution in [-0.2, 0) is 17.2 Å². The minimum atomic E-state index is -0.821. The van der Waals surface area contributed by atoms with Crippen molar-refractivity contribution in [3.8, 4) is 28.4 Å². The number of nitrogens with zero attached hydrogens (tertiary/aromatic N) is 3. The van der Waals surface area contributed by atoms with Gasteiger partial charge in [0.05, 0.1) is 11.9 Å². The van der Waals surface area contributed by atoms with Gasteiger partial charge in [0.25, 0.3) is 0 Å². The first-order valence-electron chi connectivity index (χ1n) is 12.1. The van der Waals surface area contributed by atoms with E-state index in [1.165, 1.54) is 0 Å². The number of aryl methyl sites for hydroxylation is 1. The number of aromatic nitrogens is 4. The number of benzene rings is 2. The molecule has 0 amide bonds. The lowest BCUT2D eigenvalue weighted by molar-refractivity contribution is 0.241. The van der Waals surface area contributed by atoms with Gasteiger partial charge in [0.15, 0.2) is 11.6 Å². The Hall–Kier alpha value is -3.30. The number of phenols is 1. The topological polar surface area (TPSA) is 97.9 Å². The van der Waals surface area contributed by atoms with Gasteiger partial charge in [0.1, 0.15) is 17.0 Å². The number of aromatic hydroxyl groups is 1. The summed E-state index contributed by atoms with van der Waals surface area (Å²) in [6.45, 7) is 5.71. The number of imidazole rings is 1. The molecule has 2 atom stereocenters. The van der Waals surface area contributed by atoms with Gasteiger partial charge < -0.3 is 10.1 Å². The molecule has 0 spiro atoms. The normalized spacial score (nSPS) is 17.4. The number of phenolic OH excluding ortho intramolecular Hbond substituents is 1. The number of rotatable bonds is 7. The van der Waals surface area contributed by atoms with Crippen molar-refractivity contribution < 1.29 is 13.7 Å². The van der Waals surface area contributed by atoms with Crippen molar-refractivity contribution >= 4 is 27.3 Å². The molecule has 5 rings (SSSR count). The first-order chi connectivity index (χ1) is 17.4. The van der Waals surface area contributed by atoms with Gasteiger partial charge >= 0.3 is 0 Å². The highest BCUT2D eigenvalue weighted by atomic mass is 32.2. The van der Waals surface area contributed by atoms with Crippen molar-refractivity contribution in [2.45, 2.75) is 32.7 Å². The Morgan fingerprint density at radius 1 is 1.25 bits per heavy atom. The molecule has 3 heterocycles. The maximum absolute atomic E-state index is 15.6. The molecule has 2 aromatic carbocycles. The molecule has 4 aromatic rings. The van der Waals surface area contributed by atoms with Crippen molar-refractivity contribution in [1.29, 1.82) is 0 Å². The van der Waals surface area contributed by atoms with E-state index < -0.39 is 16.6 Å². The SMILES string of the molecule is CCc1cc(O)ccc1-c1ccc2c(-c3ncc(C4=CCC(C)N(CCS(C)=O)C4)[nH]3)[nH]nc2c1F. The van der Waals surface area contributed by atoms with E-state index in [4.69, 9.17) is 0 Å². The van der Waals surface area contributed by atoms with E-state index in [-0.39, 0.29) is 11.3 Å². The smallest absolute Gasteiger partial charge is 0.159 e. The highest BCUT2D eigenvalue weighted by Gasteiger charge is 2.23. The van der Waals surface area contributed by atoms with Gasteiger partial charge in [-0.25, -0.2) is 9.37 Å². The van der Waals surface area contributed by atoms with Crippen molar-refractivity contribution in [3.05, 3.63) is 59.7 Å². The first kappa shape index (κ1) is 24.4. The van der Waals surface area contributed by atoms with Gasteiger partial charge in [-0.05, 0) is 54.7 Å². The van der Waals surface area contributed by atoms with E-state index in [0.717, 1.165) is 41.9 Å². The first-order valence-corrected chi connectivity index (χ1v) is 13.9. The number of hydrogen-bond acceptors (Lipinski definition) is 5. The molecule has 1 aliphatic rings. The van der Waals surface area contributed by atoms with Crippen LogP contribution in [0, 0.1) is 5.82 Å². The van der Waals surface area contributed by atoms with E-state index in [2.05, 4.69) is 38.1 Å². The zero-order valence-electron chi connectivity index (χ0n) is 20.6. The fourth-order valence-electron chi connectivity index (χ4n) is 4.82. The molecule has 0 radical (unpaired) electrons. The average Bonchev–Trinajstić information content (AvgIpc) is 3.52. The third-order valence-electron chi connectivity index (χ3n) is 6.95. The van der Waals surface area contributed by atoms with Crippen LogP contribution < -0.4 is 0 Å². The summed E-state index contributed by atoms with van der Waals surface area (Å²) >= 11 is 0. The van der Waals surface area contributed by atoms with Crippen LogP contribution in [0.3, 0.4) is 0 Å². The second-order valence-corrected chi connectivity index (χ2v) is 10.9. The Morgan fingerprint density at radius 3 is 2.83 bits per heavy atom. The Labute approximate surface area is 211 Å². The number of aromatic amines is 2. The lowest BCUT2D eigenvalue weighted by Gasteiger charge is -2.32. The van der Waals surface area contributed by atoms with E-state index in [9.17, 15) is 9.32 Å². The average molecular weight is 508 g/mol. The summed E-state index contributed by atoms with van der Waals surface area (Å²) < 4.78 is 27.2. The van der Waals surface area contributed by atoms with Crippen LogP contribution >= 0.6 is 0 Å². The lowest BCUT2D eigenvalue weighted by Crippen LogP contribution is -2.39. The van der Waals surface area contributed by atoms with Gasteiger partial charge in [-0.3, -0.25) is 14.2 Å². The molecule has 7 nitrogen and oxygen atoms in total. The van der Waals surface area contributed by atoms with Crippen LogP contribution in [0.1, 0.15) is 31.5 Å². The van der Waals surface area contributed by atoms with Gasteiger partial charge in [-0.1, -0.05) is 25.1 Å². The lowest BCUT2D eigenvalue weighted by atomic mass is 9.96. The van der Waals surface area contributed by atoms with Crippen molar-refractivity contribution in [1.82, 2.24) is 25.1 Å². The molecular formula is C27H30FN5O2S. The van der Waals surface area contributed by atoms with Crippen LogP contribution in [0.5, 0.6) is 5.75 Å². The molecule has 9 heteroatoms. The summed E-state index contributed by atoms with van der Waals surface area (Å²) in [5, 5.41) is 17.7. The summed E-state index contributed by atoms with van der Waals surface area (Å²) in [6, 6.07) is 8.99. The molecule has 0 saturated heterocycles. The summed E-state index contributed by atoms with van der Waals surface area (Å²) in [7, 11) is -0.821. The molecule has 0 saturated carbocycles. The van der Waals surface area contributed by atoms with Crippen LogP contribution in [0.15, 0.2) is 42.6 Å². The predicted molar refractivity (Wildman–Crippen MR) is 143 cm³/mol. The zero-order valence-corrected chi connectivity index (χ0v) is 21.5. The molecule has 3 N–H and O–H groups in total. The summed E-state index contributed by atoms with van der Waals surface area (Å²) in [6.07, 6.45) is 7.35. The fourth-order valence-corrected chi connectivity index (χ4v) is 5.32. The summed E-state index contributed by atoms with van der Waals surface area (Å²) in [4.78, 5) is 10.3. The maximum atomic E-state index is 15.6. The fraction of sp³-hybridized carbons (Fsp3) is 0.333. The van der Waals surface area contributed by atoms with E-state index in [0.29, 0.717) is 40.7 Å². The number of H-pyrrole nitrogens is 2. The van der Waals surface area contributed by atoms with Crippen LogP contribution in [-0.4, -0.2) is 65.5 Å². The minimum absolute atomic E-state index is 0.166. The number of halogens is 1. The van der Waals surface area contributed by atoms with Gasteiger partial charge in [0.2, 0.25) is 0 Å². The molecule has 188 valence electrons. The third-order valence-corrected chi connectivity index (χ3v) is 7.71. The summed E-state index contributed by atoms with van der Waals surface area (Å²) in [5.41, 5.74) is 5.00. The largest absolute Gasteiger partial charge is 0.508 e.